The lowest BCUT2D eigenvalue weighted by Gasteiger charge is -2.05. The van der Waals surface area contributed by atoms with Gasteiger partial charge in [0, 0.05) is 0 Å². The van der Waals surface area contributed by atoms with E-state index in [2.05, 4.69) is 24.0 Å². The standard InChI is InChI=1S/C5H11NO2.C3H7NO5/c1-5(2)3-4-8-6-7;5-1-2(6)3(7)4(8)9/h5H,3-4H2,1-2H3;2-3,5-7H,1H2. The lowest BCUT2D eigenvalue weighted by atomic mass is 10.1. The molecule has 0 aromatic rings. The number of aliphatic hydroxyl groups is 3. The smallest absolute Gasteiger partial charge is 0.341 e. The summed E-state index contributed by atoms with van der Waals surface area (Å²) in [5.74, 6) is 0.580. The minimum absolute atomic E-state index is 0.446. The van der Waals surface area contributed by atoms with Crippen LogP contribution in [0.15, 0.2) is 5.34 Å². The molecule has 102 valence electrons. The van der Waals surface area contributed by atoms with Crippen LogP contribution in [-0.2, 0) is 4.84 Å². The molecule has 3 N–H and O–H groups in total. The van der Waals surface area contributed by atoms with Crippen molar-refractivity contribution in [2.45, 2.75) is 32.6 Å². The molecule has 0 saturated heterocycles. The minimum Gasteiger partial charge on any atom is -0.393 e. The van der Waals surface area contributed by atoms with Crippen molar-refractivity contribution in [3.8, 4) is 0 Å². The summed E-state index contributed by atoms with van der Waals surface area (Å²) in [6.45, 7) is 3.76. The molecule has 0 bridgehead atoms. The maximum absolute atomic E-state index is 9.58. The third kappa shape index (κ3) is 12.6. The number of hydrogen-bond acceptors (Lipinski definition) is 8. The molecular formula is C8H18N2O7. The first kappa shape index (κ1) is 18.1. The second kappa shape index (κ2) is 11.2. The Balaban J connectivity index is 0. The van der Waals surface area contributed by atoms with Gasteiger partial charge in [0.25, 0.3) is 0 Å². The van der Waals surface area contributed by atoms with Gasteiger partial charge in [0.05, 0.1) is 11.5 Å². The van der Waals surface area contributed by atoms with Crippen molar-refractivity contribution >= 4 is 0 Å². The van der Waals surface area contributed by atoms with Gasteiger partial charge >= 0.3 is 6.23 Å². The second-order valence-corrected chi connectivity index (χ2v) is 3.54. The normalized spacial score (nSPS) is 13.3. The van der Waals surface area contributed by atoms with E-state index in [-0.39, 0.29) is 0 Å². The summed E-state index contributed by atoms with van der Waals surface area (Å²) in [5, 5.41) is 36.5. The Hall–Kier alpha value is -1.32. The van der Waals surface area contributed by atoms with Gasteiger partial charge in [-0.25, -0.2) is 0 Å². The molecule has 0 aromatic carbocycles. The predicted octanol–water partition coefficient (Wildman–Crippen LogP) is -0.335. The molecule has 9 nitrogen and oxygen atoms in total. The number of rotatable bonds is 7. The van der Waals surface area contributed by atoms with Crippen LogP contribution in [0.1, 0.15) is 20.3 Å². The van der Waals surface area contributed by atoms with E-state index in [0.717, 1.165) is 6.42 Å². The van der Waals surface area contributed by atoms with Gasteiger partial charge in [-0.15, -0.1) is 4.91 Å². The van der Waals surface area contributed by atoms with Crippen molar-refractivity contribution in [2.24, 2.45) is 11.3 Å². The zero-order valence-corrected chi connectivity index (χ0v) is 9.72. The van der Waals surface area contributed by atoms with Crippen LogP contribution in [0.5, 0.6) is 0 Å². The Morgan fingerprint density at radius 3 is 2.18 bits per heavy atom. The number of nitrogens with zero attached hydrogens (tertiary/aromatic N) is 2. The van der Waals surface area contributed by atoms with Gasteiger partial charge < -0.3 is 20.2 Å². The van der Waals surface area contributed by atoms with Gasteiger partial charge in [0.15, 0.2) is 11.4 Å². The number of nitro groups is 1. The number of hydrogen-bond donors (Lipinski definition) is 3. The van der Waals surface area contributed by atoms with E-state index in [9.17, 15) is 15.0 Å². The highest BCUT2D eigenvalue weighted by Crippen LogP contribution is 1.98. The largest absolute Gasteiger partial charge is 0.393 e. The van der Waals surface area contributed by atoms with E-state index < -0.39 is 23.9 Å². The number of aliphatic hydroxyl groups excluding tert-OH is 3. The first-order valence-electron chi connectivity index (χ1n) is 4.91. The van der Waals surface area contributed by atoms with Gasteiger partial charge in [-0.2, -0.15) is 0 Å². The van der Waals surface area contributed by atoms with Gasteiger partial charge in [-0.05, 0) is 12.3 Å². The Labute approximate surface area is 98.1 Å². The highest BCUT2D eigenvalue weighted by molar-refractivity contribution is 4.52. The molecule has 0 aromatic heterocycles. The Bertz CT molecular complexity index is 212. The molecule has 17 heavy (non-hydrogen) atoms. The molecule has 2 atom stereocenters. The van der Waals surface area contributed by atoms with Crippen molar-refractivity contribution in [3.05, 3.63) is 15.0 Å². The average molecular weight is 254 g/mol. The van der Waals surface area contributed by atoms with Crippen LogP contribution in [0, 0.1) is 20.9 Å². The summed E-state index contributed by atoms with van der Waals surface area (Å²) in [6, 6.07) is 0. The van der Waals surface area contributed by atoms with E-state index in [1.54, 1.807) is 0 Å². The lowest BCUT2D eigenvalue weighted by Crippen LogP contribution is -2.35. The summed E-state index contributed by atoms with van der Waals surface area (Å²) < 4.78 is 0. The lowest BCUT2D eigenvalue weighted by molar-refractivity contribution is -0.583. The molecule has 0 heterocycles. The van der Waals surface area contributed by atoms with Crippen molar-refractivity contribution in [3.63, 3.8) is 0 Å². The summed E-state index contributed by atoms with van der Waals surface area (Å²) in [5.41, 5.74) is 0. The van der Waals surface area contributed by atoms with E-state index in [4.69, 9.17) is 15.3 Å². The SMILES string of the molecule is CC(C)CCON=O.O=[N+]([O-])C(O)C(O)CO. The summed E-state index contributed by atoms with van der Waals surface area (Å²) in [4.78, 5) is 22.0. The highest BCUT2D eigenvalue weighted by atomic mass is 16.7. The quantitative estimate of drug-likeness (QED) is 0.185. The van der Waals surface area contributed by atoms with Gasteiger partial charge in [0.2, 0.25) is 0 Å². The summed E-state index contributed by atoms with van der Waals surface area (Å²) in [7, 11) is 0. The molecule has 0 aliphatic heterocycles. The van der Waals surface area contributed by atoms with Crippen LogP contribution in [0.4, 0.5) is 0 Å². The molecule has 0 aliphatic rings. The van der Waals surface area contributed by atoms with Crippen LogP contribution in [0.25, 0.3) is 0 Å². The molecule has 0 rings (SSSR count). The monoisotopic (exact) mass is 254 g/mol. The maximum atomic E-state index is 9.58. The third-order valence-corrected chi connectivity index (χ3v) is 1.59. The topological polar surface area (TPSA) is 142 Å². The molecule has 0 saturated carbocycles. The minimum atomic E-state index is -2.09. The maximum Gasteiger partial charge on any atom is 0.341 e. The molecule has 0 spiro atoms. The second-order valence-electron chi connectivity index (χ2n) is 3.54. The zero-order valence-electron chi connectivity index (χ0n) is 9.72. The average Bonchev–Trinajstić information content (AvgIpc) is 2.27. The van der Waals surface area contributed by atoms with E-state index in [0.29, 0.717) is 12.5 Å². The molecule has 0 aliphatic carbocycles. The van der Waals surface area contributed by atoms with Crippen LogP contribution in [0.2, 0.25) is 0 Å². The van der Waals surface area contributed by atoms with Crippen LogP contribution >= 0.6 is 0 Å². The van der Waals surface area contributed by atoms with Crippen molar-refractivity contribution < 1.29 is 25.1 Å². The Morgan fingerprint density at radius 1 is 1.41 bits per heavy atom. The Kier molecular flexibility index (Phi) is 11.9. The van der Waals surface area contributed by atoms with Gasteiger partial charge in [-0.3, -0.25) is 10.1 Å². The zero-order chi connectivity index (χ0) is 13.8. The molecule has 2 unspecified atom stereocenters. The fourth-order valence-corrected chi connectivity index (χ4v) is 0.560. The third-order valence-electron chi connectivity index (χ3n) is 1.59. The molecule has 0 fully saturated rings. The Morgan fingerprint density at radius 2 is 1.94 bits per heavy atom. The highest BCUT2D eigenvalue weighted by Gasteiger charge is 2.25. The van der Waals surface area contributed by atoms with Crippen LogP contribution in [0.3, 0.4) is 0 Å². The first-order valence-corrected chi connectivity index (χ1v) is 4.91. The molecule has 0 radical (unpaired) electrons. The van der Waals surface area contributed by atoms with Gasteiger partial charge in [-0.1, -0.05) is 13.8 Å². The fourth-order valence-electron chi connectivity index (χ4n) is 0.560. The fraction of sp³-hybridized carbons (Fsp3) is 1.00. The summed E-state index contributed by atoms with van der Waals surface area (Å²) >= 11 is 0. The van der Waals surface area contributed by atoms with Crippen molar-refractivity contribution in [1.82, 2.24) is 0 Å². The van der Waals surface area contributed by atoms with E-state index in [1.807, 2.05) is 0 Å². The van der Waals surface area contributed by atoms with Crippen LogP contribution < -0.4 is 0 Å². The summed E-state index contributed by atoms with van der Waals surface area (Å²) in [6.07, 6.45) is -2.89. The molecule has 9 heteroatoms. The van der Waals surface area contributed by atoms with Crippen molar-refractivity contribution in [2.75, 3.05) is 13.2 Å². The molecule has 0 amide bonds. The molecular weight excluding hydrogens is 236 g/mol. The van der Waals surface area contributed by atoms with Crippen molar-refractivity contribution in [1.29, 1.82) is 0 Å². The first-order chi connectivity index (χ1) is 7.86. The van der Waals surface area contributed by atoms with E-state index >= 15 is 0 Å². The van der Waals surface area contributed by atoms with Gasteiger partial charge in [0.1, 0.15) is 6.61 Å². The van der Waals surface area contributed by atoms with Crippen LogP contribution in [-0.4, -0.2) is 45.8 Å². The van der Waals surface area contributed by atoms with E-state index in [1.165, 1.54) is 0 Å². The predicted molar refractivity (Wildman–Crippen MR) is 57.3 cm³/mol.